The van der Waals surface area contributed by atoms with Gasteiger partial charge < -0.3 is 14.5 Å². The lowest BCUT2D eigenvalue weighted by atomic mass is 9.96. The van der Waals surface area contributed by atoms with Gasteiger partial charge in [0.2, 0.25) is 5.91 Å². The Morgan fingerprint density at radius 3 is 2.39 bits per heavy atom. The first-order chi connectivity index (χ1) is 17.1. The number of hydrogen-bond donors (Lipinski definition) is 1. The first-order valence-corrected chi connectivity index (χ1v) is 11.5. The quantitative estimate of drug-likeness (QED) is 0.276. The highest BCUT2D eigenvalue weighted by Crippen LogP contribution is 2.38. The van der Waals surface area contributed by atoms with Crippen molar-refractivity contribution in [2.24, 2.45) is 0 Å². The molecule has 1 heterocycles. The van der Waals surface area contributed by atoms with Crippen LogP contribution < -0.4 is 10.1 Å². The number of hydrogen-bond acceptors (Lipinski definition) is 3. The number of carbonyl (C=O) groups excluding carboxylic acids is 1. The van der Waals surface area contributed by atoms with Crippen molar-refractivity contribution < 1.29 is 27.1 Å². The molecule has 0 aliphatic rings. The second-order valence-electron chi connectivity index (χ2n) is 8.64. The topological polar surface area (TPSA) is 51.5 Å². The van der Waals surface area contributed by atoms with E-state index in [9.17, 15) is 18.0 Å². The molecule has 4 aromatic rings. The Morgan fingerprint density at radius 1 is 1.03 bits per heavy atom. The first-order valence-electron chi connectivity index (χ1n) is 11.5. The molecule has 0 saturated carbocycles. The summed E-state index contributed by atoms with van der Waals surface area (Å²) in [5, 5.41) is 3.50. The summed E-state index contributed by atoms with van der Waals surface area (Å²) in [5.41, 5.74) is 5.80. The molecular weight excluding hydrogens is 467 g/mol. The van der Waals surface area contributed by atoms with Gasteiger partial charge in [0.25, 0.3) is 0 Å². The number of furan rings is 1. The predicted octanol–water partition coefficient (Wildman–Crippen LogP) is 8.18. The van der Waals surface area contributed by atoms with Crippen molar-refractivity contribution in [3.8, 4) is 16.9 Å². The van der Waals surface area contributed by atoms with Crippen LogP contribution in [0.5, 0.6) is 5.75 Å². The summed E-state index contributed by atoms with van der Waals surface area (Å²) >= 11 is 0. The second-order valence-corrected chi connectivity index (χ2v) is 8.64. The van der Waals surface area contributed by atoms with Gasteiger partial charge in [0.1, 0.15) is 11.3 Å². The zero-order chi connectivity index (χ0) is 26.0. The smallest absolute Gasteiger partial charge is 0.416 e. The second kappa shape index (κ2) is 9.93. The highest BCUT2D eigenvalue weighted by molar-refractivity contribution is 6.05. The largest absolute Gasteiger partial charge is 0.493 e. The van der Waals surface area contributed by atoms with Crippen molar-refractivity contribution in [3.05, 3.63) is 89.2 Å². The Bertz CT molecular complexity index is 1450. The van der Waals surface area contributed by atoms with Gasteiger partial charge in [-0.25, -0.2) is 0 Å². The first kappa shape index (κ1) is 25.1. The Morgan fingerprint density at radius 2 is 1.75 bits per heavy atom. The summed E-state index contributed by atoms with van der Waals surface area (Å²) in [7, 11) is 0. The van der Waals surface area contributed by atoms with E-state index in [0.717, 1.165) is 39.8 Å². The summed E-state index contributed by atoms with van der Waals surface area (Å²) < 4.78 is 50.0. The van der Waals surface area contributed by atoms with Crippen LogP contribution in [0.3, 0.4) is 0 Å². The van der Waals surface area contributed by atoms with Crippen LogP contribution in [0.4, 0.5) is 18.9 Å². The van der Waals surface area contributed by atoms with E-state index in [4.69, 9.17) is 9.15 Å². The average Bonchev–Trinajstić information content (AvgIpc) is 3.21. The van der Waals surface area contributed by atoms with E-state index < -0.39 is 17.6 Å². The maximum atomic E-state index is 12.8. The molecule has 36 heavy (non-hydrogen) atoms. The minimum Gasteiger partial charge on any atom is -0.493 e. The van der Waals surface area contributed by atoms with Gasteiger partial charge in [0.05, 0.1) is 18.4 Å². The normalized spacial score (nSPS) is 12.1. The standard InChI is InChI=1S/C29H26F3NO3/c1-5-35-26-15-27-24(25(16-36-27)22-11-6-17(2)12-18(22)3)14-23(26)19(4)13-28(34)33-21-9-7-20(8-10-21)29(30,31)32/h6-16H,5H2,1-4H3,(H,33,34)/b19-13+. The molecule has 0 aliphatic carbocycles. The van der Waals surface area contributed by atoms with Crippen LogP contribution in [-0.4, -0.2) is 12.5 Å². The highest BCUT2D eigenvalue weighted by atomic mass is 19.4. The summed E-state index contributed by atoms with van der Waals surface area (Å²) in [5.74, 6) is 0.110. The zero-order valence-corrected chi connectivity index (χ0v) is 20.4. The monoisotopic (exact) mass is 493 g/mol. The zero-order valence-electron chi connectivity index (χ0n) is 20.4. The number of carbonyl (C=O) groups is 1. The third-order valence-corrected chi connectivity index (χ3v) is 5.90. The lowest BCUT2D eigenvalue weighted by Gasteiger charge is -2.12. The molecule has 4 nitrogen and oxygen atoms in total. The van der Waals surface area contributed by atoms with Crippen LogP contribution in [0, 0.1) is 13.8 Å². The van der Waals surface area contributed by atoms with Gasteiger partial charge in [-0.3, -0.25) is 4.79 Å². The fraction of sp³-hybridized carbons (Fsp3) is 0.207. The summed E-state index contributed by atoms with van der Waals surface area (Å²) in [6.07, 6.45) is -1.31. The van der Waals surface area contributed by atoms with Crippen LogP contribution in [-0.2, 0) is 11.0 Å². The number of amides is 1. The molecule has 1 N–H and O–H groups in total. The van der Waals surface area contributed by atoms with E-state index in [1.807, 2.05) is 39.0 Å². The number of aryl methyl sites for hydroxylation is 2. The van der Waals surface area contributed by atoms with Crippen molar-refractivity contribution in [1.29, 1.82) is 0 Å². The maximum Gasteiger partial charge on any atom is 0.416 e. The molecule has 0 fully saturated rings. The maximum absolute atomic E-state index is 12.8. The molecule has 186 valence electrons. The molecule has 0 atom stereocenters. The minimum absolute atomic E-state index is 0.268. The number of benzene rings is 3. The molecule has 1 aromatic heterocycles. The number of nitrogens with one attached hydrogen (secondary N) is 1. The van der Waals surface area contributed by atoms with Crippen molar-refractivity contribution in [1.82, 2.24) is 0 Å². The molecule has 0 bridgehead atoms. The number of allylic oxidation sites excluding steroid dienone is 1. The molecule has 0 saturated heterocycles. The van der Waals surface area contributed by atoms with Crippen LogP contribution in [0.1, 0.15) is 36.1 Å². The third kappa shape index (κ3) is 5.30. The number of rotatable bonds is 6. The Labute approximate surface area is 207 Å². The van der Waals surface area contributed by atoms with Gasteiger partial charge in [0.15, 0.2) is 0 Å². The molecule has 7 heteroatoms. The van der Waals surface area contributed by atoms with Gasteiger partial charge in [-0.1, -0.05) is 23.8 Å². The lowest BCUT2D eigenvalue weighted by molar-refractivity contribution is -0.137. The SMILES string of the molecule is CCOc1cc2occ(-c3ccc(C)cc3C)c2cc1/C(C)=C/C(=O)Nc1ccc(C(F)(F)F)cc1. The Balaban J connectivity index is 1.68. The Kier molecular flexibility index (Phi) is 6.93. The number of ether oxygens (including phenoxy) is 1. The van der Waals surface area contributed by atoms with E-state index in [1.54, 1.807) is 13.2 Å². The van der Waals surface area contributed by atoms with Gasteiger partial charge >= 0.3 is 6.18 Å². The van der Waals surface area contributed by atoms with Crippen molar-refractivity contribution in [3.63, 3.8) is 0 Å². The number of alkyl halides is 3. The van der Waals surface area contributed by atoms with E-state index in [-0.39, 0.29) is 5.69 Å². The summed E-state index contributed by atoms with van der Waals surface area (Å²) in [6.45, 7) is 8.17. The van der Waals surface area contributed by atoms with Crippen molar-refractivity contribution >= 4 is 28.1 Å². The van der Waals surface area contributed by atoms with Gasteiger partial charge in [0, 0.05) is 34.3 Å². The molecule has 0 spiro atoms. The Hall–Kier alpha value is -4.00. The van der Waals surface area contributed by atoms with Crippen molar-refractivity contribution in [2.75, 3.05) is 11.9 Å². The van der Waals surface area contributed by atoms with Crippen molar-refractivity contribution in [2.45, 2.75) is 33.9 Å². The van der Waals surface area contributed by atoms with Crippen LogP contribution in [0.25, 0.3) is 27.7 Å². The molecule has 4 rings (SSSR count). The summed E-state index contributed by atoms with van der Waals surface area (Å²) in [6, 6.07) is 14.3. The van der Waals surface area contributed by atoms with Gasteiger partial charge in [-0.2, -0.15) is 13.2 Å². The van der Waals surface area contributed by atoms with E-state index >= 15 is 0 Å². The fourth-order valence-electron chi connectivity index (χ4n) is 4.16. The minimum atomic E-state index is -4.43. The van der Waals surface area contributed by atoms with E-state index in [2.05, 4.69) is 17.4 Å². The molecule has 0 radical (unpaired) electrons. The van der Waals surface area contributed by atoms with Gasteiger partial charge in [-0.05, 0) is 74.7 Å². The van der Waals surface area contributed by atoms with Crippen LogP contribution >= 0.6 is 0 Å². The predicted molar refractivity (Wildman–Crippen MR) is 136 cm³/mol. The number of fused-ring (bicyclic) bond motifs is 1. The third-order valence-electron chi connectivity index (χ3n) is 5.90. The highest BCUT2D eigenvalue weighted by Gasteiger charge is 2.30. The van der Waals surface area contributed by atoms with E-state index in [1.165, 1.54) is 23.8 Å². The average molecular weight is 494 g/mol. The van der Waals surface area contributed by atoms with Gasteiger partial charge in [-0.15, -0.1) is 0 Å². The molecular formula is C29H26F3NO3. The van der Waals surface area contributed by atoms with E-state index in [0.29, 0.717) is 23.5 Å². The van der Waals surface area contributed by atoms with Crippen LogP contribution in [0.15, 0.2) is 71.4 Å². The lowest BCUT2D eigenvalue weighted by Crippen LogP contribution is -2.10. The number of halogens is 3. The summed E-state index contributed by atoms with van der Waals surface area (Å²) in [4.78, 5) is 12.7. The molecule has 0 unspecified atom stereocenters. The molecule has 3 aromatic carbocycles. The molecule has 1 amide bonds. The number of anilines is 1. The fourth-order valence-corrected chi connectivity index (χ4v) is 4.16. The molecule has 0 aliphatic heterocycles. The van der Waals surface area contributed by atoms with Crippen LogP contribution in [0.2, 0.25) is 0 Å².